The van der Waals surface area contributed by atoms with E-state index in [1.54, 1.807) is 0 Å². The minimum absolute atomic E-state index is 0. The van der Waals surface area contributed by atoms with Crippen molar-refractivity contribution in [3.05, 3.63) is 140 Å². The van der Waals surface area contributed by atoms with Gasteiger partial charge in [0.2, 0.25) is 0 Å². The molecule has 0 spiro atoms. The van der Waals surface area contributed by atoms with Gasteiger partial charge in [0.1, 0.15) is 0 Å². The van der Waals surface area contributed by atoms with Gasteiger partial charge in [-0.3, -0.25) is 0 Å². The van der Waals surface area contributed by atoms with Crippen molar-refractivity contribution in [1.82, 2.24) is 0 Å². The largest absolute Gasteiger partial charge is 0.184 e. The van der Waals surface area contributed by atoms with Crippen molar-refractivity contribution in [3.63, 3.8) is 0 Å². The van der Waals surface area contributed by atoms with Crippen molar-refractivity contribution in [1.29, 1.82) is 0 Å². The molecule has 0 aliphatic carbocycles. The van der Waals surface area contributed by atoms with Gasteiger partial charge in [0.15, 0.2) is 0 Å². The Kier molecular flexibility index (Phi) is 16.5. The Morgan fingerprint density at radius 2 is 1.06 bits per heavy atom. The summed E-state index contributed by atoms with van der Waals surface area (Å²) >= 11 is 1.36. The van der Waals surface area contributed by atoms with E-state index in [0.717, 1.165) is 0 Å². The zero-order valence-corrected chi connectivity index (χ0v) is 24.5. The molecule has 0 unspecified atom stereocenters. The first-order chi connectivity index (χ1) is 15.3. The summed E-state index contributed by atoms with van der Waals surface area (Å²) < 4.78 is 0. The van der Waals surface area contributed by atoms with Gasteiger partial charge in [0.25, 0.3) is 0 Å². The Hall–Kier alpha value is -1.96. The molecule has 0 amide bonds. The van der Waals surface area contributed by atoms with E-state index in [4.69, 9.17) is 0 Å². The number of rotatable bonds is 0. The summed E-state index contributed by atoms with van der Waals surface area (Å²) in [6, 6.07) is 44.5. The molecule has 0 atom stereocenters. The molecule has 6 rings (SSSR count). The third-order valence-electron chi connectivity index (χ3n) is 5.03. The molecule has 0 aromatic heterocycles. The monoisotopic (exact) mass is 576 g/mol. The Balaban J connectivity index is 0.000000468. The van der Waals surface area contributed by atoms with Gasteiger partial charge < -0.3 is 7.43 Å². The summed E-state index contributed by atoms with van der Waals surface area (Å²) in [5, 5.41) is 8.12. The third kappa shape index (κ3) is 8.67. The maximum Gasteiger partial charge on any atom is -0.0771 e. The molecular weight excluding hydrogens is 551 g/mol. The predicted molar refractivity (Wildman–Crippen MR) is 153 cm³/mol. The van der Waals surface area contributed by atoms with Crippen LogP contribution in [0.4, 0.5) is 0 Å². The molecule has 0 saturated heterocycles. The number of aryl methyl sites for hydroxylation is 1. The average Bonchev–Trinajstić information content (AvgIpc) is 3.43. The van der Waals surface area contributed by atoms with Crippen LogP contribution in [0.3, 0.4) is 0 Å². The van der Waals surface area contributed by atoms with Gasteiger partial charge >= 0.3 is 30.2 Å². The summed E-state index contributed by atoms with van der Waals surface area (Å²) in [4.78, 5) is 0. The number of halogens is 2. The van der Waals surface area contributed by atoms with E-state index in [9.17, 15) is 0 Å². The molecule has 0 heterocycles. The molecule has 34 heavy (non-hydrogen) atoms. The normalized spacial score (nSPS) is 8.82. The zero-order valence-electron chi connectivity index (χ0n) is 19.4. The molecule has 0 nitrogen and oxygen atoms in total. The number of benzene rings is 4. The maximum atomic E-state index is 3.06. The van der Waals surface area contributed by atoms with Crippen LogP contribution >= 0.6 is 24.8 Å². The minimum Gasteiger partial charge on any atom is -0.184 e. The van der Waals surface area contributed by atoms with Crippen LogP contribution in [0.25, 0.3) is 32.3 Å². The van der Waals surface area contributed by atoms with Crippen LogP contribution in [-0.4, -0.2) is 6.88 Å². The second-order valence-electron chi connectivity index (χ2n) is 7.00. The molecule has 0 bridgehead atoms. The first-order valence-electron chi connectivity index (χ1n) is 10.1. The third-order valence-corrected chi connectivity index (χ3v) is 5.03. The molecule has 6 aromatic rings. The number of hydrogen-bond donors (Lipinski definition) is 0. The molecule has 6 aromatic carbocycles. The molecule has 0 fully saturated rings. The smallest absolute Gasteiger partial charge is 0.0771 e. The van der Waals surface area contributed by atoms with Crippen molar-refractivity contribution in [3.8, 4) is 0 Å². The summed E-state index contributed by atoms with van der Waals surface area (Å²) in [5.41, 5.74) is 1.37. The van der Waals surface area contributed by atoms with Crippen molar-refractivity contribution in [2.24, 2.45) is 0 Å². The molecule has 174 valence electrons. The van der Waals surface area contributed by atoms with E-state index in [1.165, 1.54) is 61.2 Å². The fraction of sp³-hybridized carbons (Fsp3) is 0.0333. The van der Waals surface area contributed by atoms with Crippen LogP contribution in [-0.2, 0) is 23.3 Å². The fourth-order valence-electron chi connectivity index (χ4n) is 3.55. The minimum atomic E-state index is 0. The Labute approximate surface area is 233 Å². The van der Waals surface area contributed by atoms with Crippen LogP contribution in [0.1, 0.15) is 5.56 Å². The van der Waals surface area contributed by atoms with Gasteiger partial charge in [-0.1, -0.05) is 49.4 Å². The van der Waals surface area contributed by atoms with E-state index in [-0.39, 0.29) is 32.2 Å². The fourth-order valence-corrected chi connectivity index (χ4v) is 3.55. The second kappa shape index (κ2) is 17.5. The van der Waals surface area contributed by atoms with Crippen LogP contribution in [0.5, 0.6) is 0 Å². The second-order valence-corrected chi connectivity index (χ2v) is 7.00. The number of fused-ring (bicyclic) bond motifs is 4. The van der Waals surface area contributed by atoms with Gasteiger partial charge in [-0.25, -0.2) is 0 Å². The van der Waals surface area contributed by atoms with E-state index in [1.807, 2.05) is 30.3 Å². The summed E-state index contributed by atoms with van der Waals surface area (Å²) in [6.45, 7) is 5.20. The van der Waals surface area contributed by atoms with E-state index < -0.39 is 0 Å². The average molecular weight is 579 g/mol. The molecule has 0 N–H and O–H groups in total. The number of hydrogen-bond acceptors (Lipinski definition) is 0. The van der Waals surface area contributed by atoms with Crippen LogP contribution < -0.4 is 0 Å². The summed E-state index contributed by atoms with van der Waals surface area (Å²) in [5.74, 6) is 0. The van der Waals surface area contributed by atoms with Gasteiger partial charge in [-0.15, -0.1) is 99.6 Å². The summed E-state index contributed by atoms with van der Waals surface area (Å²) in [6.07, 6.45) is 0. The topological polar surface area (TPSA) is 0 Å². The van der Waals surface area contributed by atoms with Crippen molar-refractivity contribution in [2.75, 3.05) is 0 Å². The quantitative estimate of drug-likeness (QED) is 0.125. The predicted octanol–water partition coefficient (Wildman–Crippen LogP) is 8.98. The maximum absolute atomic E-state index is 3.06. The molecule has 4 heteroatoms. The Morgan fingerprint density at radius 3 is 1.47 bits per heavy atom. The molecule has 0 aliphatic heterocycles. The molecular formula is C30H28Cl2SiZr-4. The standard InChI is InChI=1S/C13H9.C10H9.C6H5.CH3.2ClH.Si.Zr/c1-3-7-12-10(5-1)9-11-6-2-4-8-13(11)12;1-8-6-7-9-4-2-3-5-10(8)9;1-2-4-6-5-3-1;;;;;/h1-9H;2-7H,1H3;1-5H;1H3;2*1H;;/q4*-1;;;;. The van der Waals surface area contributed by atoms with Crippen LogP contribution in [0.15, 0.2) is 121 Å². The SMILES string of the molecule is Cc1c[cH-]c2ccccc12.Cl.Cl.[CH3-].[Si]=[Zr].[c-]1ccccc1.c1ccc2c(c1)[cH-]c1ccccc12. The van der Waals surface area contributed by atoms with Crippen molar-refractivity contribution >= 4 is 64.0 Å². The van der Waals surface area contributed by atoms with Gasteiger partial charge in [-0.2, -0.15) is 48.0 Å². The van der Waals surface area contributed by atoms with Crippen LogP contribution in [0.2, 0.25) is 0 Å². The van der Waals surface area contributed by atoms with Gasteiger partial charge in [-0.05, 0) is 0 Å². The van der Waals surface area contributed by atoms with Crippen molar-refractivity contribution < 1.29 is 23.3 Å². The van der Waals surface area contributed by atoms with E-state index >= 15 is 0 Å². The first-order valence-corrected chi connectivity index (χ1v) is 14.3. The van der Waals surface area contributed by atoms with E-state index in [2.05, 4.69) is 111 Å². The van der Waals surface area contributed by atoms with Crippen molar-refractivity contribution in [2.45, 2.75) is 6.92 Å². The van der Waals surface area contributed by atoms with E-state index in [0.29, 0.717) is 0 Å². The first kappa shape index (κ1) is 32.0. The zero-order chi connectivity index (χ0) is 21.9. The summed E-state index contributed by atoms with van der Waals surface area (Å²) in [7, 11) is 0. The van der Waals surface area contributed by atoms with Gasteiger partial charge in [0, 0.05) is 0 Å². The Bertz CT molecular complexity index is 1260. The van der Waals surface area contributed by atoms with Crippen LogP contribution in [0, 0.1) is 20.4 Å². The molecule has 2 radical (unpaired) electrons. The molecule has 0 aliphatic rings. The Morgan fingerprint density at radius 1 is 0.618 bits per heavy atom. The van der Waals surface area contributed by atoms with Gasteiger partial charge in [0.05, 0.1) is 0 Å². The molecule has 0 saturated carbocycles.